The van der Waals surface area contributed by atoms with Crippen LogP contribution in [0.2, 0.25) is 0 Å². The van der Waals surface area contributed by atoms with E-state index in [4.69, 9.17) is 4.74 Å². The number of likely N-dealkylation sites (N-methyl/N-ethyl adjacent to an activating group) is 1. The third-order valence-corrected chi connectivity index (χ3v) is 4.37. The smallest absolute Gasteiger partial charge is 0.410 e. The standard InChI is InChI=1S/C15H22N4O3/c1-17-11-15(22-14(17)21)6-3-8-18(12-15)13(20)5-2-9-19-10-4-7-16-19/h4,7,10H,2-3,5-6,8-9,11-12H2,1H3. The van der Waals surface area contributed by atoms with E-state index in [1.807, 2.05) is 21.8 Å². The van der Waals surface area contributed by atoms with Gasteiger partial charge < -0.3 is 14.5 Å². The molecular formula is C15H22N4O3. The Morgan fingerprint density at radius 3 is 3.00 bits per heavy atom. The van der Waals surface area contributed by atoms with Gasteiger partial charge in [0.25, 0.3) is 0 Å². The van der Waals surface area contributed by atoms with Crippen LogP contribution in [0.3, 0.4) is 0 Å². The van der Waals surface area contributed by atoms with Crippen LogP contribution in [0.4, 0.5) is 4.79 Å². The minimum atomic E-state index is -0.498. The summed E-state index contributed by atoms with van der Waals surface area (Å²) >= 11 is 0. The van der Waals surface area contributed by atoms with Crippen LogP contribution >= 0.6 is 0 Å². The summed E-state index contributed by atoms with van der Waals surface area (Å²) in [6, 6.07) is 1.88. The van der Waals surface area contributed by atoms with Gasteiger partial charge in [0.1, 0.15) is 5.60 Å². The number of hydrogen-bond donors (Lipinski definition) is 0. The van der Waals surface area contributed by atoms with E-state index in [0.717, 1.165) is 32.4 Å². The van der Waals surface area contributed by atoms with E-state index in [0.29, 0.717) is 19.5 Å². The Morgan fingerprint density at radius 2 is 2.32 bits per heavy atom. The second-order valence-corrected chi connectivity index (χ2v) is 6.20. The highest BCUT2D eigenvalue weighted by Crippen LogP contribution is 2.31. The second kappa shape index (κ2) is 5.98. The van der Waals surface area contributed by atoms with Crippen molar-refractivity contribution in [3.63, 3.8) is 0 Å². The van der Waals surface area contributed by atoms with Gasteiger partial charge in [0.15, 0.2) is 0 Å². The van der Waals surface area contributed by atoms with E-state index in [2.05, 4.69) is 5.10 Å². The molecule has 7 nitrogen and oxygen atoms in total. The molecule has 0 aliphatic carbocycles. The Bertz CT molecular complexity index is 545. The monoisotopic (exact) mass is 306 g/mol. The topological polar surface area (TPSA) is 67.7 Å². The molecule has 1 aromatic rings. The van der Waals surface area contributed by atoms with Gasteiger partial charge >= 0.3 is 6.09 Å². The lowest BCUT2D eigenvalue weighted by Crippen LogP contribution is -2.52. The quantitative estimate of drug-likeness (QED) is 0.835. The molecule has 22 heavy (non-hydrogen) atoms. The van der Waals surface area contributed by atoms with Gasteiger partial charge in [0, 0.05) is 39.0 Å². The highest BCUT2D eigenvalue weighted by molar-refractivity contribution is 5.77. The first-order chi connectivity index (χ1) is 10.6. The molecule has 3 heterocycles. The van der Waals surface area contributed by atoms with Crippen molar-refractivity contribution in [1.82, 2.24) is 19.6 Å². The summed E-state index contributed by atoms with van der Waals surface area (Å²) in [5, 5.41) is 4.13. The molecule has 2 amide bonds. The van der Waals surface area contributed by atoms with Gasteiger partial charge in [-0.15, -0.1) is 0 Å². The first-order valence-corrected chi connectivity index (χ1v) is 7.77. The summed E-state index contributed by atoms with van der Waals surface area (Å²) in [6.45, 7) is 2.59. The molecule has 0 N–H and O–H groups in total. The third-order valence-electron chi connectivity index (χ3n) is 4.37. The number of aromatic nitrogens is 2. The van der Waals surface area contributed by atoms with Gasteiger partial charge in [-0.25, -0.2) is 4.79 Å². The van der Waals surface area contributed by atoms with Crippen molar-refractivity contribution in [2.75, 3.05) is 26.7 Å². The van der Waals surface area contributed by atoms with Crippen LogP contribution in [0.15, 0.2) is 18.5 Å². The zero-order chi connectivity index (χ0) is 15.6. The van der Waals surface area contributed by atoms with Crippen LogP contribution in [-0.2, 0) is 16.1 Å². The van der Waals surface area contributed by atoms with Gasteiger partial charge in [-0.3, -0.25) is 9.48 Å². The lowest BCUT2D eigenvalue weighted by Gasteiger charge is -2.38. The fourth-order valence-electron chi connectivity index (χ4n) is 3.30. The number of ether oxygens (including phenoxy) is 1. The fourth-order valence-corrected chi connectivity index (χ4v) is 3.30. The van der Waals surface area contributed by atoms with Crippen LogP contribution in [0, 0.1) is 0 Å². The summed E-state index contributed by atoms with van der Waals surface area (Å²) in [6.07, 6.45) is 6.33. The van der Waals surface area contributed by atoms with E-state index in [-0.39, 0.29) is 12.0 Å². The molecule has 1 atom stereocenters. The van der Waals surface area contributed by atoms with Crippen LogP contribution in [-0.4, -0.2) is 63.9 Å². The number of aryl methyl sites for hydroxylation is 1. The molecule has 2 saturated heterocycles. The molecule has 120 valence electrons. The molecule has 1 spiro atoms. The molecule has 0 bridgehead atoms. The van der Waals surface area contributed by atoms with Gasteiger partial charge in [0.05, 0.1) is 13.1 Å². The second-order valence-electron chi connectivity index (χ2n) is 6.20. The molecular weight excluding hydrogens is 284 g/mol. The van der Waals surface area contributed by atoms with E-state index in [1.54, 1.807) is 18.1 Å². The Hall–Kier alpha value is -2.05. The van der Waals surface area contributed by atoms with E-state index < -0.39 is 5.60 Å². The maximum atomic E-state index is 12.4. The summed E-state index contributed by atoms with van der Waals surface area (Å²) in [5.41, 5.74) is -0.498. The van der Waals surface area contributed by atoms with E-state index in [1.165, 1.54) is 0 Å². The van der Waals surface area contributed by atoms with Gasteiger partial charge in [0.2, 0.25) is 5.91 Å². The Kier molecular flexibility index (Phi) is 4.04. The lowest BCUT2D eigenvalue weighted by atomic mass is 9.92. The van der Waals surface area contributed by atoms with Crippen LogP contribution in [0.5, 0.6) is 0 Å². The minimum absolute atomic E-state index is 0.136. The van der Waals surface area contributed by atoms with Crippen molar-refractivity contribution in [3.8, 4) is 0 Å². The summed E-state index contributed by atoms with van der Waals surface area (Å²) in [7, 11) is 1.74. The minimum Gasteiger partial charge on any atom is -0.439 e. The Balaban J connectivity index is 1.51. The first kappa shape index (κ1) is 14.9. The van der Waals surface area contributed by atoms with Crippen molar-refractivity contribution in [2.24, 2.45) is 0 Å². The predicted octanol–water partition coefficient (Wildman–Crippen LogP) is 1.11. The van der Waals surface area contributed by atoms with Crippen LogP contribution in [0.25, 0.3) is 0 Å². The molecule has 7 heteroatoms. The molecule has 1 unspecified atom stereocenters. The van der Waals surface area contributed by atoms with Crippen molar-refractivity contribution in [2.45, 2.75) is 37.8 Å². The number of likely N-dealkylation sites (tertiary alicyclic amines) is 1. The number of amides is 2. The molecule has 3 rings (SSSR count). The Morgan fingerprint density at radius 1 is 1.45 bits per heavy atom. The number of piperidine rings is 1. The molecule has 0 saturated carbocycles. The molecule has 2 fully saturated rings. The zero-order valence-corrected chi connectivity index (χ0v) is 12.9. The van der Waals surface area contributed by atoms with Crippen LogP contribution in [0.1, 0.15) is 25.7 Å². The van der Waals surface area contributed by atoms with E-state index >= 15 is 0 Å². The first-order valence-electron chi connectivity index (χ1n) is 7.77. The van der Waals surface area contributed by atoms with Crippen molar-refractivity contribution < 1.29 is 14.3 Å². The number of carbonyl (C=O) groups excluding carboxylic acids is 2. The van der Waals surface area contributed by atoms with Gasteiger partial charge in [-0.2, -0.15) is 5.10 Å². The highest BCUT2D eigenvalue weighted by Gasteiger charge is 2.47. The predicted molar refractivity (Wildman–Crippen MR) is 79.1 cm³/mol. The number of carbonyl (C=O) groups is 2. The zero-order valence-electron chi connectivity index (χ0n) is 12.9. The van der Waals surface area contributed by atoms with Crippen molar-refractivity contribution in [1.29, 1.82) is 0 Å². The Labute approximate surface area is 129 Å². The average molecular weight is 306 g/mol. The summed E-state index contributed by atoms with van der Waals surface area (Å²) in [4.78, 5) is 27.4. The molecule has 0 aromatic carbocycles. The van der Waals surface area contributed by atoms with Crippen LogP contribution < -0.4 is 0 Å². The average Bonchev–Trinajstić information content (AvgIpc) is 3.08. The third kappa shape index (κ3) is 3.08. The van der Waals surface area contributed by atoms with Crippen molar-refractivity contribution >= 4 is 12.0 Å². The van der Waals surface area contributed by atoms with Gasteiger partial charge in [-0.1, -0.05) is 0 Å². The lowest BCUT2D eigenvalue weighted by molar-refractivity contribution is -0.137. The molecule has 2 aliphatic rings. The molecule has 1 aromatic heterocycles. The number of nitrogens with zero attached hydrogens (tertiary/aromatic N) is 4. The fraction of sp³-hybridized carbons (Fsp3) is 0.667. The maximum Gasteiger partial charge on any atom is 0.410 e. The van der Waals surface area contributed by atoms with E-state index in [9.17, 15) is 9.59 Å². The number of hydrogen-bond acceptors (Lipinski definition) is 4. The maximum absolute atomic E-state index is 12.4. The molecule has 0 radical (unpaired) electrons. The van der Waals surface area contributed by atoms with Gasteiger partial charge in [-0.05, 0) is 25.3 Å². The highest BCUT2D eigenvalue weighted by atomic mass is 16.6. The largest absolute Gasteiger partial charge is 0.439 e. The van der Waals surface area contributed by atoms with Crippen molar-refractivity contribution in [3.05, 3.63) is 18.5 Å². The summed E-state index contributed by atoms with van der Waals surface area (Å²) < 4.78 is 7.36. The molecule has 2 aliphatic heterocycles. The normalized spacial score (nSPS) is 24.9. The number of rotatable bonds is 4. The summed E-state index contributed by atoms with van der Waals surface area (Å²) in [5.74, 6) is 0.136. The SMILES string of the molecule is CN1CC2(CCCN(C(=O)CCCn3cccn3)C2)OC1=O.